The summed E-state index contributed by atoms with van der Waals surface area (Å²) >= 11 is 3.46. The average Bonchev–Trinajstić information content (AvgIpc) is 2.88. The van der Waals surface area contributed by atoms with Crippen molar-refractivity contribution in [2.45, 2.75) is 38.3 Å². The highest BCUT2D eigenvalue weighted by molar-refractivity contribution is 9.10. The second-order valence-electron chi connectivity index (χ2n) is 5.25. The SMILES string of the molecule is Cn1ncc(Br)c1C(O)C(C)(C)N1CCCC1. The Labute approximate surface area is 111 Å². The van der Waals surface area contributed by atoms with Gasteiger partial charge in [-0.3, -0.25) is 9.58 Å². The van der Waals surface area contributed by atoms with Gasteiger partial charge in [0.15, 0.2) is 0 Å². The summed E-state index contributed by atoms with van der Waals surface area (Å²) in [6.07, 6.45) is 3.65. The molecule has 5 heteroatoms. The van der Waals surface area contributed by atoms with Crippen LogP contribution >= 0.6 is 15.9 Å². The molecule has 1 saturated heterocycles. The highest BCUT2D eigenvalue weighted by atomic mass is 79.9. The van der Waals surface area contributed by atoms with Crippen molar-refractivity contribution in [3.63, 3.8) is 0 Å². The van der Waals surface area contributed by atoms with Gasteiger partial charge >= 0.3 is 0 Å². The molecule has 0 aliphatic carbocycles. The minimum Gasteiger partial charge on any atom is -0.385 e. The van der Waals surface area contributed by atoms with Crippen molar-refractivity contribution in [1.82, 2.24) is 14.7 Å². The van der Waals surface area contributed by atoms with Gasteiger partial charge in [-0.25, -0.2) is 0 Å². The molecule has 1 aromatic rings. The molecule has 1 fully saturated rings. The van der Waals surface area contributed by atoms with Gasteiger partial charge in [0.1, 0.15) is 6.10 Å². The molecular formula is C12H20BrN3O. The Morgan fingerprint density at radius 2 is 2.00 bits per heavy atom. The third kappa shape index (κ3) is 2.28. The molecular weight excluding hydrogens is 282 g/mol. The van der Waals surface area contributed by atoms with E-state index in [1.54, 1.807) is 10.9 Å². The van der Waals surface area contributed by atoms with Crippen molar-refractivity contribution < 1.29 is 5.11 Å². The number of aliphatic hydroxyl groups is 1. The summed E-state index contributed by atoms with van der Waals surface area (Å²) in [6.45, 7) is 6.34. The molecule has 0 aromatic carbocycles. The number of aliphatic hydroxyl groups excluding tert-OH is 1. The van der Waals surface area contributed by atoms with E-state index < -0.39 is 6.10 Å². The van der Waals surface area contributed by atoms with Crippen LogP contribution in [0.2, 0.25) is 0 Å². The maximum absolute atomic E-state index is 10.6. The van der Waals surface area contributed by atoms with Crippen molar-refractivity contribution in [1.29, 1.82) is 0 Å². The monoisotopic (exact) mass is 301 g/mol. The van der Waals surface area contributed by atoms with Crippen LogP contribution in [-0.2, 0) is 7.05 Å². The van der Waals surface area contributed by atoms with Gasteiger partial charge in [-0.2, -0.15) is 5.10 Å². The first-order valence-electron chi connectivity index (χ1n) is 6.05. The largest absolute Gasteiger partial charge is 0.385 e. The van der Waals surface area contributed by atoms with Crippen molar-refractivity contribution in [3.8, 4) is 0 Å². The maximum Gasteiger partial charge on any atom is 0.114 e. The molecule has 17 heavy (non-hydrogen) atoms. The normalized spacial score (nSPS) is 19.8. The van der Waals surface area contributed by atoms with E-state index in [9.17, 15) is 5.11 Å². The highest BCUT2D eigenvalue weighted by Gasteiger charge is 2.38. The number of hydrogen-bond donors (Lipinski definition) is 1. The maximum atomic E-state index is 10.6. The minimum absolute atomic E-state index is 0.257. The molecule has 1 aliphatic heterocycles. The Bertz CT molecular complexity index is 377. The van der Waals surface area contributed by atoms with Crippen LogP contribution in [0.4, 0.5) is 0 Å². The Morgan fingerprint density at radius 1 is 1.41 bits per heavy atom. The first-order chi connectivity index (χ1) is 7.94. The first-order valence-corrected chi connectivity index (χ1v) is 6.84. The molecule has 96 valence electrons. The fourth-order valence-electron chi connectivity index (χ4n) is 2.53. The Hall–Kier alpha value is -0.390. The fraction of sp³-hybridized carbons (Fsp3) is 0.750. The lowest BCUT2D eigenvalue weighted by Gasteiger charge is -2.39. The standard InChI is InChI=1S/C12H20BrN3O/c1-12(2,16-6-4-5-7-16)11(17)10-9(13)8-14-15(10)3/h8,11,17H,4-7H2,1-3H3. The van der Waals surface area contributed by atoms with Gasteiger partial charge in [0.05, 0.1) is 16.4 Å². The molecule has 1 aromatic heterocycles. The van der Waals surface area contributed by atoms with Crippen LogP contribution in [0.3, 0.4) is 0 Å². The summed E-state index contributed by atoms with van der Waals surface area (Å²) < 4.78 is 2.62. The third-order valence-electron chi connectivity index (χ3n) is 3.79. The number of likely N-dealkylation sites (tertiary alicyclic amines) is 1. The molecule has 0 spiro atoms. The molecule has 1 N–H and O–H groups in total. The number of nitrogens with zero attached hydrogens (tertiary/aromatic N) is 3. The summed E-state index contributed by atoms with van der Waals surface area (Å²) in [5, 5.41) is 14.8. The number of aryl methyl sites for hydroxylation is 1. The third-order valence-corrected chi connectivity index (χ3v) is 4.40. The summed E-state index contributed by atoms with van der Waals surface area (Å²) in [5.41, 5.74) is 0.592. The van der Waals surface area contributed by atoms with Crippen molar-refractivity contribution in [2.24, 2.45) is 7.05 Å². The predicted octanol–water partition coefficient (Wildman–Crippen LogP) is 2.09. The molecule has 4 nitrogen and oxygen atoms in total. The van der Waals surface area contributed by atoms with Gasteiger partial charge in [-0.05, 0) is 55.7 Å². The highest BCUT2D eigenvalue weighted by Crippen LogP contribution is 2.36. The van der Waals surface area contributed by atoms with E-state index in [1.807, 2.05) is 7.05 Å². The van der Waals surface area contributed by atoms with Gasteiger partial charge in [0.2, 0.25) is 0 Å². The Morgan fingerprint density at radius 3 is 2.47 bits per heavy atom. The van der Waals surface area contributed by atoms with Gasteiger partial charge in [0, 0.05) is 12.6 Å². The predicted molar refractivity (Wildman–Crippen MR) is 70.8 cm³/mol. The Balaban J connectivity index is 2.26. The van der Waals surface area contributed by atoms with E-state index in [0.717, 1.165) is 23.3 Å². The van der Waals surface area contributed by atoms with Gasteiger partial charge < -0.3 is 5.11 Å². The fourth-order valence-corrected chi connectivity index (χ4v) is 3.09. The molecule has 0 amide bonds. The van der Waals surface area contributed by atoms with E-state index in [0.29, 0.717) is 0 Å². The topological polar surface area (TPSA) is 41.3 Å². The molecule has 0 saturated carbocycles. The van der Waals surface area contributed by atoms with Crippen LogP contribution in [0.25, 0.3) is 0 Å². The van der Waals surface area contributed by atoms with Crippen LogP contribution in [-0.4, -0.2) is 38.4 Å². The summed E-state index contributed by atoms with van der Waals surface area (Å²) in [6, 6.07) is 0. The molecule has 0 radical (unpaired) electrons. The van der Waals surface area contributed by atoms with E-state index in [2.05, 4.69) is 39.8 Å². The number of rotatable bonds is 3. The van der Waals surface area contributed by atoms with Gasteiger partial charge in [-0.1, -0.05) is 0 Å². The lowest BCUT2D eigenvalue weighted by Crippen LogP contribution is -2.47. The van der Waals surface area contributed by atoms with Crippen LogP contribution in [0.15, 0.2) is 10.7 Å². The number of hydrogen-bond acceptors (Lipinski definition) is 3. The van der Waals surface area contributed by atoms with Crippen LogP contribution in [0.5, 0.6) is 0 Å². The van der Waals surface area contributed by atoms with Crippen molar-refractivity contribution in [3.05, 3.63) is 16.4 Å². The molecule has 2 heterocycles. The Kier molecular flexibility index (Phi) is 3.61. The number of aromatic nitrogens is 2. The van der Waals surface area contributed by atoms with Gasteiger partial charge in [-0.15, -0.1) is 0 Å². The average molecular weight is 302 g/mol. The summed E-state index contributed by atoms with van der Waals surface area (Å²) in [5.74, 6) is 0. The van der Waals surface area contributed by atoms with Crippen molar-refractivity contribution >= 4 is 15.9 Å². The van der Waals surface area contributed by atoms with E-state index >= 15 is 0 Å². The smallest absolute Gasteiger partial charge is 0.114 e. The lowest BCUT2D eigenvalue weighted by molar-refractivity contribution is -0.00372. The molecule has 0 bridgehead atoms. The minimum atomic E-state index is -0.539. The van der Waals surface area contributed by atoms with Crippen LogP contribution < -0.4 is 0 Å². The quantitative estimate of drug-likeness (QED) is 0.929. The zero-order chi connectivity index (χ0) is 12.6. The van der Waals surface area contributed by atoms with Crippen LogP contribution in [0.1, 0.15) is 38.5 Å². The van der Waals surface area contributed by atoms with Crippen molar-refractivity contribution in [2.75, 3.05) is 13.1 Å². The van der Waals surface area contributed by atoms with Crippen LogP contribution in [0, 0.1) is 0 Å². The van der Waals surface area contributed by atoms with E-state index in [-0.39, 0.29) is 5.54 Å². The van der Waals surface area contributed by atoms with E-state index in [1.165, 1.54) is 12.8 Å². The molecule has 1 atom stereocenters. The molecule has 2 rings (SSSR count). The second-order valence-corrected chi connectivity index (χ2v) is 6.11. The van der Waals surface area contributed by atoms with Gasteiger partial charge in [0.25, 0.3) is 0 Å². The summed E-state index contributed by atoms with van der Waals surface area (Å²) in [7, 11) is 1.86. The lowest BCUT2D eigenvalue weighted by atomic mass is 9.92. The zero-order valence-corrected chi connectivity index (χ0v) is 12.2. The first kappa shape index (κ1) is 13.1. The second kappa shape index (κ2) is 4.71. The van der Waals surface area contributed by atoms with E-state index in [4.69, 9.17) is 0 Å². The molecule has 1 aliphatic rings. The summed E-state index contributed by atoms with van der Waals surface area (Å²) in [4.78, 5) is 2.36. The number of halogens is 1. The zero-order valence-electron chi connectivity index (χ0n) is 10.6. The molecule has 1 unspecified atom stereocenters.